The van der Waals surface area contributed by atoms with E-state index in [2.05, 4.69) is 5.32 Å². The quantitative estimate of drug-likeness (QED) is 0.497. The first-order chi connectivity index (χ1) is 15.6. The van der Waals surface area contributed by atoms with Crippen LogP contribution in [-0.2, 0) is 0 Å². The topological polar surface area (TPSA) is 104 Å². The van der Waals surface area contributed by atoms with E-state index in [9.17, 15) is 4.79 Å². The Morgan fingerprint density at radius 3 is 2.28 bits per heavy atom. The zero-order chi connectivity index (χ0) is 22.2. The Labute approximate surface area is 185 Å². The summed E-state index contributed by atoms with van der Waals surface area (Å²) < 4.78 is 12.6. The van der Waals surface area contributed by atoms with Crippen molar-refractivity contribution in [3.8, 4) is 17.2 Å². The number of carbonyl (C=O) groups is 1. The Hall–Kier alpha value is -3.81. The standard InChI is InChI=1S/C24H25N5O3/c1-31-16-11-15(12-17(13-16)32-2)29-22(25)20(24(30)26-14-7-3-4-8-14)21-23(29)28-19-10-6-5-9-18(19)27-21/h5-6,9-14H,3-4,7-8,25H2,1-2H3,(H,26,30). The maximum atomic E-state index is 13.3. The third-order valence-corrected chi connectivity index (χ3v) is 6.01. The Morgan fingerprint density at radius 1 is 1.03 bits per heavy atom. The van der Waals surface area contributed by atoms with E-state index in [1.54, 1.807) is 24.9 Å². The number of aromatic nitrogens is 3. The molecule has 1 fully saturated rings. The van der Waals surface area contributed by atoms with Crippen molar-refractivity contribution < 1.29 is 14.3 Å². The third kappa shape index (κ3) is 3.37. The molecule has 1 aliphatic rings. The average Bonchev–Trinajstić information content (AvgIpc) is 3.41. The van der Waals surface area contributed by atoms with Crippen LogP contribution in [-0.4, -0.2) is 40.7 Å². The smallest absolute Gasteiger partial charge is 0.257 e. The van der Waals surface area contributed by atoms with Crippen molar-refractivity contribution in [1.82, 2.24) is 19.9 Å². The van der Waals surface area contributed by atoms with E-state index in [0.29, 0.717) is 39.4 Å². The van der Waals surface area contributed by atoms with Crippen LogP contribution in [0.3, 0.4) is 0 Å². The van der Waals surface area contributed by atoms with Gasteiger partial charge in [0, 0.05) is 24.2 Å². The zero-order valence-electron chi connectivity index (χ0n) is 18.1. The lowest BCUT2D eigenvalue weighted by Crippen LogP contribution is -2.33. The minimum Gasteiger partial charge on any atom is -0.497 e. The maximum absolute atomic E-state index is 13.3. The van der Waals surface area contributed by atoms with Crippen LogP contribution in [0.2, 0.25) is 0 Å². The Morgan fingerprint density at radius 2 is 1.66 bits per heavy atom. The van der Waals surface area contributed by atoms with Gasteiger partial charge in [-0.3, -0.25) is 9.36 Å². The molecule has 0 bridgehead atoms. The third-order valence-electron chi connectivity index (χ3n) is 6.01. The molecule has 5 rings (SSSR count). The van der Waals surface area contributed by atoms with Gasteiger partial charge < -0.3 is 20.5 Å². The van der Waals surface area contributed by atoms with E-state index >= 15 is 0 Å². The van der Waals surface area contributed by atoms with Crippen LogP contribution >= 0.6 is 0 Å². The van der Waals surface area contributed by atoms with Gasteiger partial charge in [-0.2, -0.15) is 0 Å². The number of nitrogen functional groups attached to an aromatic ring is 1. The van der Waals surface area contributed by atoms with Gasteiger partial charge >= 0.3 is 0 Å². The zero-order valence-corrected chi connectivity index (χ0v) is 18.1. The number of hydrogen-bond acceptors (Lipinski definition) is 6. The molecular weight excluding hydrogens is 406 g/mol. The number of nitrogens with zero attached hydrogens (tertiary/aromatic N) is 3. The lowest BCUT2D eigenvalue weighted by atomic mass is 10.2. The number of carbonyl (C=O) groups excluding carboxylic acids is 1. The summed E-state index contributed by atoms with van der Waals surface area (Å²) in [4.78, 5) is 22.9. The number of nitrogens with one attached hydrogen (secondary N) is 1. The minimum atomic E-state index is -0.224. The molecule has 8 heteroatoms. The molecule has 32 heavy (non-hydrogen) atoms. The van der Waals surface area contributed by atoms with Crippen molar-refractivity contribution in [2.75, 3.05) is 20.0 Å². The van der Waals surface area contributed by atoms with Crippen molar-refractivity contribution in [3.05, 3.63) is 48.0 Å². The van der Waals surface area contributed by atoms with Crippen LogP contribution in [0.25, 0.3) is 27.9 Å². The molecule has 4 aromatic rings. The molecule has 0 unspecified atom stereocenters. The van der Waals surface area contributed by atoms with E-state index in [0.717, 1.165) is 31.2 Å². The first-order valence-corrected chi connectivity index (χ1v) is 10.7. The van der Waals surface area contributed by atoms with Gasteiger partial charge in [-0.05, 0) is 25.0 Å². The monoisotopic (exact) mass is 431 g/mol. The van der Waals surface area contributed by atoms with E-state index in [1.807, 2.05) is 36.4 Å². The van der Waals surface area contributed by atoms with Gasteiger partial charge in [-0.15, -0.1) is 0 Å². The molecule has 2 aromatic heterocycles. The molecule has 164 valence electrons. The van der Waals surface area contributed by atoms with Gasteiger partial charge in [0.25, 0.3) is 5.91 Å². The SMILES string of the molecule is COc1cc(OC)cc(-n2c(N)c(C(=O)NC3CCCC3)c3nc4ccccc4nc32)c1. The number of nitrogens with two attached hydrogens (primary N) is 1. The van der Waals surface area contributed by atoms with Gasteiger partial charge in [0.2, 0.25) is 0 Å². The number of fused-ring (bicyclic) bond motifs is 2. The number of amides is 1. The highest BCUT2D eigenvalue weighted by molar-refractivity contribution is 6.11. The highest BCUT2D eigenvalue weighted by atomic mass is 16.5. The van der Waals surface area contributed by atoms with Crippen LogP contribution in [0.5, 0.6) is 11.5 Å². The van der Waals surface area contributed by atoms with E-state index in [4.69, 9.17) is 25.2 Å². The second kappa shape index (κ2) is 8.03. The van der Waals surface area contributed by atoms with Gasteiger partial charge in [0.15, 0.2) is 5.65 Å². The van der Waals surface area contributed by atoms with Crippen LogP contribution in [0.15, 0.2) is 42.5 Å². The van der Waals surface area contributed by atoms with Crippen molar-refractivity contribution in [2.24, 2.45) is 0 Å². The molecule has 0 saturated heterocycles. The summed E-state index contributed by atoms with van der Waals surface area (Å²) in [5.74, 6) is 1.26. The van der Waals surface area contributed by atoms with E-state index in [-0.39, 0.29) is 17.8 Å². The maximum Gasteiger partial charge on any atom is 0.257 e. The van der Waals surface area contributed by atoms with Crippen LogP contribution < -0.4 is 20.5 Å². The lowest BCUT2D eigenvalue weighted by molar-refractivity contribution is 0.0940. The molecule has 0 spiro atoms. The molecular formula is C24H25N5O3. The molecule has 2 heterocycles. The predicted octanol–water partition coefficient (Wildman–Crippen LogP) is 3.85. The molecule has 1 aliphatic carbocycles. The fourth-order valence-corrected chi connectivity index (χ4v) is 4.40. The number of methoxy groups -OCH3 is 2. The summed E-state index contributed by atoms with van der Waals surface area (Å²) in [5, 5.41) is 3.14. The predicted molar refractivity (Wildman–Crippen MR) is 124 cm³/mol. The van der Waals surface area contributed by atoms with E-state index < -0.39 is 0 Å². The number of ether oxygens (including phenoxy) is 2. The molecule has 3 N–H and O–H groups in total. The fraction of sp³-hybridized carbons (Fsp3) is 0.292. The molecule has 0 aliphatic heterocycles. The first kappa shape index (κ1) is 20.1. The lowest BCUT2D eigenvalue weighted by Gasteiger charge is -2.13. The minimum absolute atomic E-state index is 0.158. The molecule has 8 nitrogen and oxygen atoms in total. The van der Waals surface area contributed by atoms with Crippen molar-refractivity contribution in [2.45, 2.75) is 31.7 Å². The first-order valence-electron chi connectivity index (χ1n) is 10.7. The Bertz CT molecular complexity index is 1300. The van der Waals surface area contributed by atoms with Crippen molar-refractivity contribution in [3.63, 3.8) is 0 Å². The molecule has 1 saturated carbocycles. The van der Waals surface area contributed by atoms with Gasteiger partial charge in [0.05, 0.1) is 30.9 Å². The largest absolute Gasteiger partial charge is 0.497 e. The highest BCUT2D eigenvalue weighted by Gasteiger charge is 2.27. The van der Waals surface area contributed by atoms with Crippen molar-refractivity contribution >= 4 is 33.9 Å². The number of rotatable bonds is 5. The van der Waals surface area contributed by atoms with Crippen LogP contribution in [0.1, 0.15) is 36.0 Å². The van der Waals surface area contributed by atoms with Crippen LogP contribution in [0.4, 0.5) is 5.82 Å². The Balaban J connectivity index is 1.76. The average molecular weight is 431 g/mol. The summed E-state index contributed by atoms with van der Waals surface area (Å²) in [5.41, 5.74) is 10.0. The Kier molecular flexibility index (Phi) is 5.05. The summed E-state index contributed by atoms with van der Waals surface area (Å²) in [6.07, 6.45) is 4.20. The number of hydrogen-bond donors (Lipinski definition) is 2. The second-order valence-electron chi connectivity index (χ2n) is 8.01. The molecule has 1 amide bonds. The summed E-state index contributed by atoms with van der Waals surface area (Å²) >= 11 is 0. The second-order valence-corrected chi connectivity index (χ2v) is 8.01. The number of para-hydroxylation sites is 2. The van der Waals surface area contributed by atoms with Gasteiger partial charge in [0.1, 0.15) is 28.4 Å². The van der Waals surface area contributed by atoms with Gasteiger partial charge in [-0.1, -0.05) is 25.0 Å². The summed E-state index contributed by atoms with van der Waals surface area (Å²) in [6.45, 7) is 0. The van der Waals surface area contributed by atoms with Crippen LogP contribution in [0, 0.1) is 0 Å². The molecule has 0 radical (unpaired) electrons. The highest BCUT2D eigenvalue weighted by Crippen LogP contribution is 2.34. The van der Waals surface area contributed by atoms with Crippen molar-refractivity contribution in [1.29, 1.82) is 0 Å². The number of anilines is 1. The summed E-state index contributed by atoms with van der Waals surface area (Å²) in [6, 6.07) is 13.2. The normalized spacial score (nSPS) is 14.2. The van der Waals surface area contributed by atoms with Gasteiger partial charge in [-0.25, -0.2) is 9.97 Å². The molecule has 0 atom stereocenters. The molecule has 2 aromatic carbocycles. The summed E-state index contributed by atoms with van der Waals surface area (Å²) in [7, 11) is 3.17. The van der Waals surface area contributed by atoms with E-state index in [1.165, 1.54) is 0 Å². The fourth-order valence-electron chi connectivity index (χ4n) is 4.40. The number of benzene rings is 2.